The Morgan fingerprint density at radius 2 is 1.76 bits per heavy atom. The van der Waals surface area contributed by atoms with Gasteiger partial charge in [0.1, 0.15) is 5.75 Å². The molecule has 2 rings (SSSR count). The van der Waals surface area contributed by atoms with Crippen molar-refractivity contribution in [2.45, 2.75) is 6.61 Å². The van der Waals surface area contributed by atoms with Gasteiger partial charge >= 0.3 is 6.61 Å². The fourth-order valence-electron chi connectivity index (χ4n) is 1.79. The van der Waals surface area contributed by atoms with Gasteiger partial charge in [0.2, 0.25) is 0 Å². The summed E-state index contributed by atoms with van der Waals surface area (Å²) in [5.74, 6) is -1.46. The summed E-state index contributed by atoms with van der Waals surface area (Å²) in [5.41, 5.74) is 0.000599. The highest BCUT2D eigenvalue weighted by Gasteiger charge is 2.17. The molecule has 0 saturated carbocycles. The van der Waals surface area contributed by atoms with E-state index in [4.69, 9.17) is 4.74 Å². The van der Waals surface area contributed by atoms with Gasteiger partial charge in [-0.2, -0.15) is 8.78 Å². The number of benzene rings is 2. The molecule has 0 atom stereocenters. The maximum Gasteiger partial charge on any atom is 0.387 e. The number of carbonyl (C=O) groups is 1. The number of methoxy groups -OCH3 is 1. The number of rotatable bonds is 5. The third-order valence-electron chi connectivity index (χ3n) is 2.77. The Bertz CT molecular complexity index is 639. The van der Waals surface area contributed by atoms with Crippen molar-refractivity contribution in [2.75, 3.05) is 7.11 Å². The van der Waals surface area contributed by atoms with Crippen LogP contribution in [0.5, 0.6) is 11.5 Å². The topological polar surface area (TPSA) is 35.5 Å². The minimum Gasteiger partial charge on any atom is -0.494 e. The van der Waals surface area contributed by atoms with Crippen molar-refractivity contribution in [1.29, 1.82) is 0 Å². The second-order valence-corrected chi connectivity index (χ2v) is 4.05. The fourth-order valence-corrected chi connectivity index (χ4v) is 1.79. The highest BCUT2D eigenvalue weighted by molar-refractivity contribution is 6.09. The molecule has 0 amide bonds. The van der Waals surface area contributed by atoms with E-state index >= 15 is 0 Å². The molecule has 3 nitrogen and oxygen atoms in total. The molecule has 0 radical (unpaired) electrons. The molecule has 0 N–H and O–H groups in total. The zero-order valence-corrected chi connectivity index (χ0v) is 11.0. The van der Waals surface area contributed by atoms with E-state index in [1.165, 1.54) is 49.6 Å². The van der Waals surface area contributed by atoms with E-state index in [-0.39, 0.29) is 22.6 Å². The second-order valence-electron chi connectivity index (χ2n) is 4.05. The predicted octanol–water partition coefficient (Wildman–Crippen LogP) is 3.67. The Kier molecular flexibility index (Phi) is 4.47. The molecule has 6 heteroatoms. The van der Waals surface area contributed by atoms with Crippen LogP contribution < -0.4 is 9.47 Å². The summed E-state index contributed by atoms with van der Waals surface area (Å²) in [6, 6.07) is 9.23. The first-order chi connectivity index (χ1) is 10.0. The molecule has 2 aromatic carbocycles. The van der Waals surface area contributed by atoms with Crippen molar-refractivity contribution in [3.8, 4) is 11.5 Å². The van der Waals surface area contributed by atoms with Gasteiger partial charge in [-0.15, -0.1) is 0 Å². The number of halogens is 3. The SMILES string of the molecule is COc1cccc(C(=O)c2ccc(OC(F)F)cc2)c1F. The summed E-state index contributed by atoms with van der Waals surface area (Å²) in [5, 5.41) is 0. The molecule has 2 aromatic rings. The molecule has 0 saturated heterocycles. The Balaban J connectivity index is 2.28. The zero-order valence-electron chi connectivity index (χ0n) is 11.0. The van der Waals surface area contributed by atoms with Crippen molar-refractivity contribution in [2.24, 2.45) is 0 Å². The summed E-state index contributed by atoms with van der Waals surface area (Å²) in [4.78, 5) is 12.2. The first-order valence-electron chi connectivity index (χ1n) is 5.95. The molecule has 110 valence electrons. The molecule has 0 bridgehead atoms. The van der Waals surface area contributed by atoms with Crippen LogP contribution in [0.1, 0.15) is 15.9 Å². The molecular formula is C15H11F3O3. The third kappa shape index (κ3) is 3.34. The maximum absolute atomic E-state index is 14.0. The number of ketones is 1. The van der Waals surface area contributed by atoms with E-state index < -0.39 is 18.2 Å². The standard InChI is InChI=1S/C15H11F3O3/c1-20-12-4-2-3-11(13(12)16)14(19)9-5-7-10(8-6-9)21-15(17)18/h2-8,15H,1H3. The van der Waals surface area contributed by atoms with Crippen molar-refractivity contribution in [3.63, 3.8) is 0 Å². The van der Waals surface area contributed by atoms with Crippen molar-refractivity contribution in [3.05, 3.63) is 59.4 Å². The average molecular weight is 296 g/mol. The smallest absolute Gasteiger partial charge is 0.387 e. The van der Waals surface area contributed by atoms with Crippen LogP contribution in [0.25, 0.3) is 0 Å². The van der Waals surface area contributed by atoms with Gasteiger partial charge in [-0.1, -0.05) is 6.07 Å². The van der Waals surface area contributed by atoms with Crippen molar-refractivity contribution in [1.82, 2.24) is 0 Å². The molecule has 0 aliphatic carbocycles. The number of ether oxygens (including phenoxy) is 2. The lowest BCUT2D eigenvalue weighted by atomic mass is 10.0. The Hall–Kier alpha value is -2.50. The highest BCUT2D eigenvalue weighted by Crippen LogP contribution is 2.23. The van der Waals surface area contributed by atoms with E-state index in [1.807, 2.05) is 0 Å². The van der Waals surface area contributed by atoms with Crippen LogP contribution in [0.15, 0.2) is 42.5 Å². The summed E-state index contributed by atoms with van der Waals surface area (Å²) < 4.78 is 47.0. The predicted molar refractivity (Wildman–Crippen MR) is 69.5 cm³/mol. The maximum atomic E-state index is 14.0. The summed E-state index contributed by atoms with van der Waals surface area (Å²) in [6.45, 7) is -2.94. The molecule has 0 aliphatic heterocycles. The number of hydrogen-bond acceptors (Lipinski definition) is 3. The Morgan fingerprint density at radius 1 is 1.10 bits per heavy atom. The quantitative estimate of drug-likeness (QED) is 0.790. The normalized spacial score (nSPS) is 10.5. The third-order valence-corrected chi connectivity index (χ3v) is 2.77. The zero-order chi connectivity index (χ0) is 15.4. The summed E-state index contributed by atoms with van der Waals surface area (Å²) in [7, 11) is 1.29. The van der Waals surface area contributed by atoms with Gasteiger partial charge in [-0.3, -0.25) is 4.79 Å². The lowest BCUT2D eigenvalue weighted by Gasteiger charge is -2.08. The number of carbonyl (C=O) groups excluding carboxylic acids is 1. The van der Waals surface area contributed by atoms with Crippen LogP contribution >= 0.6 is 0 Å². The van der Waals surface area contributed by atoms with Crippen LogP contribution in [-0.4, -0.2) is 19.5 Å². The molecule has 0 unspecified atom stereocenters. The molecule has 0 heterocycles. The molecule has 0 aliphatic rings. The van der Waals surface area contributed by atoms with Crippen LogP contribution in [0.4, 0.5) is 13.2 Å². The van der Waals surface area contributed by atoms with E-state index in [0.29, 0.717) is 0 Å². The van der Waals surface area contributed by atoms with Gasteiger partial charge < -0.3 is 9.47 Å². The van der Waals surface area contributed by atoms with Gasteiger partial charge in [0.05, 0.1) is 12.7 Å². The second kappa shape index (κ2) is 6.30. The molecule has 0 spiro atoms. The van der Waals surface area contributed by atoms with Crippen molar-refractivity contribution < 1.29 is 27.4 Å². The largest absolute Gasteiger partial charge is 0.494 e. The monoisotopic (exact) mass is 296 g/mol. The summed E-state index contributed by atoms with van der Waals surface area (Å²) >= 11 is 0. The van der Waals surface area contributed by atoms with E-state index in [9.17, 15) is 18.0 Å². The van der Waals surface area contributed by atoms with Gasteiger partial charge in [-0.25, -0.2) is 4.39 Å². The molecule has 0 fully saturated rings. The number of alkyl halides is 2. The first kappa shape index (κ1) is 14.9. The fraction of sp³-hybridized carbons (Fsp3) is 0.133. The van der Waals surface area contributed by atoms with Crippen LogP contribution in [0.3, 0.4) is 0 Å². The Labute approximate surface area is 118 Å². The minimum atomic E-state index is -2.94. The van der Waals surface area contributed by atoms with E-state index in [0.717, 1.165) is 0 Å². The van der Waals surface area contributed by atoms with Gasteiger partial charge in [0.25, 0.3) is 0 Å². The van der Waals surface area contributed by atoms with Crippen LogP contribution in [0.2, 0.25) is 0 Å². The molecular weight excluding hydrogens is 285 g/mol. The van der Waals surface area contributed by atoms with E-state index in [2.05, 4.69) is 4.74 Å². The molecule has 0 aromatic heterocycles. The molecule has 21 heavy (non-hydrogen) atoms. The van der Waals surface area contributed by atoms with Gasteiger partial charge in [0, 0.05) is 5.56 Å². The van der Waals surface area contributed by atoms with Crippen LogP contribution in [0, 0.1) is 5.82 Å². The van der Waals surface area contributed by atoms with Crippen molar-refractivity contribution >= 4 is 5.78 Å². The van der Waals surface area contributed by atoms with Gasteiger partial charge in [-0.05, 0) is 36.4 Å². The summed E-state index contributed by atoms with van der Waals surface area (Å²) in [6.07, 6.45) is 0. The Morgan fingerprint density at radius 3 is 2.33 bits per heavy atom. The lowest BCUT2D eigenvalue weighted by Crippen LogP contribution is -2.06. The average Bonchev–Trinajstić information content (AvgIpc) is 2.47. The van der Waals surface area contributed by atoms with E-state index in [1.54, 1.807) is 0 Å². The lowest BCUT2D eigenvalue weighted by molar-refractivity contribution is -0.0498. The number of hydrogen-bond donors (Lipinski definition) is 0. The van der Waals surface area contributed by atoms with Gasteiger partial charge in [0.15, 0.2) is 17.3 Å². The minimum absolute atomic E-state index is 0.0431. The first-order valence-corrected chi connectivity index (χ1v) is 5.95. The highest BCUT2D eigenvalue weighted by atomic mass is 19.3. The van der Waals surface area contributed by atoms with Crippen LogP contribution in [-0.2, 0) is 0 Å².